The molecule has 104 valence electrons. The molecule has 0 aromatic heterocycles. The maximum Gasteiger partial charge on any atom is 0.169 e. The van der Waals surface area contributed by atoms with Crippen molar-refractivity contribution in [2.24, 2.45) is 0 Å². The Morgan fingerprint density at radius 1 is 1.21 bits per heavy atom. The molecular formula is C15H20O4. The third kappa shape index (κ3) is 3.26. The van der Waals surface area contributed by atoms with Crippen LogP contribution in [0.25, 0.3) is 0 Å². The smallest absolute Gasteiger partial charge is 0.169 e. The van der Waals surface area contributed by atoms with Gasteiger partial charge in [0.15, 0.2) is 23.4 Å². The molecule has 1 aromatic rings. The number of carbonyl (C=O) groups excluding carboxylic acids is 1. The van der Waals surface area contributed by atoms with Gasteiger partial charge in [-0.3, -0.25) is 4.79 Å². The van der Waals surface area contributed by atoms with E-state index in [0.717, 1.165) is 12.2 Å². The van der Waals surface area contributed by atoms with Crippen molar-refractivity contribution in [3.8, 4) is 11.5 Å². The molecule has 2 atom stereocenters. The average Bonchev–Trinajstić information content (AvgIpc) is 2.43. The maximum absolute atomic E-state index is 11.4. The summed E-state index contributed by atoms with van der Waals surface area (Å²) in [6.45, 7) is 5.10. The number of rotatable bonds is 7. The van der Waals surface area contributed by atoms with Crippen molar-refractivity contribution in [3.05, 3.63) is 24.3 Å². The zero-order valence-corrected chi connectivity index (χ0v) is 11.4. The van der Waals surface area contributed by atoms with Crippen LogP contribution in [-0.4, -0.2) is 31.2 Å². The molecule has 0 spiro atoms. The highest BCUT2D eigenvalue weighted by atomic mass is 16.6. The van der Waals surface area contributed by atoms with Gasteiger partial charge in [0.25, 0.3) is 0 Å². The zero-order valence-electron chi connectivity index (χ0n) is 11.4. The van der Waals surface area contributed by atoms with E-state index in [-0.39, 0.29) is 11.9 Å². The van der Waals surface area contributed by atoms with E-state index in [1.807, 2.05) is 31.2 Å². The Morgan fingerprint density at radius 3 is 2.58 bits per heavy atom. The number of hydrogen-bond donors (Lipinski definition) is 0. The molecule has 0 radical (unpaired) electrons. The molecule has 19 heavy (non-hydrogen) atoms. The molecule has 1 aromatic carbocycles. The molecule has 4 nitrogen and oxygen atoms in total. The Hall–Kier alpha value is -1.55. The summed E-state index contributed by atoms with van der Waals surface area (Å²) in [6.07, 6.45) is 0.730. The van der Waals surface area contributed by atoms with E-state index in [9.17, 15) is 4.79 Å². The van der Waals surface area contributed by atoms with E-state index >= 15 is 0 Å². The van der Waals surface area contributed by atoms with Gasteiger partial charge in [-0.05, 0) is 25.5 Å². The second-order valence-electron chi connectivity index (χ2n) is 4.50. The van der Waals surface area contributed by atoms with Gasteiger partial charge in [0.1, 0.15) is 6.10 Å². The maximum atomic E-state index is 11.4. The van der Waals surface area contributed by atoms with Gasteiger partial charge in [-0.15, -0.1) is 0 Å². The van der Waals surface area contributed by atoms with Crippen LogP contribution in [0.1, 0.15) is 26.7 Å². The number of para-hydroxylation sites is 2. The van der Waals surface area contributed by atoms with Gasteiger partial charge in [0.05, 0.1) is 6.61 Å². The van der Waals surface area contributed by atoms with E-state index in [1.165, 1.54) is 0 Å². The molecule has 0 amide bonds. The topological polar surface area (TPSA) is 44.8 Å². The van der Waals surface area contributed by atoms with Crippen LogP contribution in [-0.2, 0) is 9.53 Å². The fourth-order valence-electron chi connectivity index (χ4n) is 1.99. The number of Topliss-reactive ketones (excluding diaryl/α,β-unsaturated/α-hetero) is 1. The predicted molar refractivity (Wildman–Crippen MR) is 71.7 cm³/mol. The summed E-state index contributed by atoms with van der Waals surface area (Å²) in [5, 5.41) is 0. The van der Waals surface area contributed by atoms with Crippen molar-refractivity contribution in [3.63, 3.8) is 0 Å². The predicted octanol–water partition coefficient (Wildman–Crippen LogP) is 2.60. The Kier molecular flexibility index (Phi) is 4.80. The number of benzene rings is 1. The SMILES string of the molecule is CCCOc1ccccc1OC1CC(=O)C1OCC. The summed E-state index contributed by atoms with van der Waals surface area (Å²) in [7, 11) is 0. The van der Waals surface area contributed by atoms with Crippen LogP contribution < -0.4 is 9.47 Å². The van der Waals surface area contributed by atoms with Gasteiger partial charge in [-0.25, -0.2) is 0 Å². The van der Waals surface area contributed by atoms with Gasteiger partial charge >= 0.3 is 0 Å². The lowest BCUT2D eigenvalue weighted by Crippen LogP contribution is -2.52. The lowest BCUT2D eigenvalue weighted by Gasteiger charge is -2.34. The van der Waals surface area contributed by atoms with Gasteiger partial charge in [0, 0.05) is 13.0 Å². The number of ketones is 1. The molecule has 0 heterocycles. The lowest BCUT2D eigenvalue weighted by molar-refractivity contribution is -0.154. The lowest BCUT2D eigenvalue weighted by atomic mass is 9.90. The fourth-order valence-corrected chi connectivity index (χ4v) is 1.99. The zero-order chi connectivity index (χ0) is 13.7. The molecule has 0 bridgehead atoms. The fraction of sp³-hybridized carbons (Fsp3) is 0.533. The van der Waals surface area contributed by atoms with E-state index < -0.39 is 6.10 Å². The van der Waals surface area contributed by atoms with Gasteiger partial charge in [-0.2, -0.15) is 0 Å². The normalized spacial score (nSPS) is 21.9. The van der Waals surface area contributed by atoms with Crippen molar-refractivity contribution in [1.82, 2.24) is 0 Å². The minimum absolute atomic E-state index is 0.110. The van der Waals surface area contributed by atoms with E-state index in [0.29, 0.717) is 25.4 Å². The van der Waals surface area contributed by atoms with Crippen LogP contribution in [0.3, 0.4) is 0 Å². The highest BCUT2D eigenvalue weighted by molar-refractivity contribution is 5.90. The first-order valence-electron chi connectivity index (χ1n) is 6.79. The third-order valence-corrected chi connectivity index (χ3v) is 2.99. The first-order valence-corrected chi connectivity index (χ1v) is 6.79. The van der Waals surface area contributed by atoms with E-state index in [2.05, 4.69) is 6.92 Å². The van der Waals surface area contributed by atoms with Crippen LogP contribution in [0.5, 0.6) is 11.5 Å². The van der Waals surface area contributed by atoms with Gasteiger partial charge in [0.2, 0.25) is 0 Å². The summed E-state index contributed by atoms with van der Waals surface area (Å²) < 4.78 is 16.9. The second kappa shape index (κ2) is 6.57. The van der Waals surface area contributed by atoms with Crippen molar-refractivity contribution >= 4 is 5.78 Å². The first-order chi connectivity index (χ1) is 9.26. The minimum atomic E-state index is -0.427. The van der Waals surface area contributed by atoms with Crippen molar-refractivity contribution in [1.29, 1.82) is 0 Å². The van der Waals surface area contributed by atoms with Crippen LogP contribution in [0, 0.1) is 0 Å². The highest BCUT2D eigenvalue weighted by Gasteiger charge is 2.42. The quantitative estimate of drug-likeness (QED) is 0.759. The summed E-state index contributed by atoms with van der Waals surface area (Å²) >= 11 is 0. The highest BCUT2D eigenvalue weighted by Crippen LogP contribution is 2.32. The standard InChI is InChI=1S/C15H20O4/c1-3-9-18-12-7-5-6-8-13(12)19-14-10-11(16)15(14)17-4-2/h5-8,14-15H,3-4,9-10H2,1-2H3. The van der Waals surface area contributed by atoms with Crippen molar-refractivity contribution in [2.45, 2.75) is 38.9 Å². The summed E-state index contributed by atoms with van der Waals surface area (Å²) in [5.41, 5.74) is 0. The Labute approximate surface area is 113 Å². The van der Waals surface area contributed by atoms with Crippen molar-refractivity contribution in [2.75, 3.05) is 13.2 Å². The Balaban J connectivity index is 2.00. The van der Waals surface area contributed by atoms with Crippen LogP contribution in [0.15, 0.2) is 24.3 Å². The molecular weight excluding hydrogens is 244 g/mol. The van der Waals surface area contributed by atoms with E-state index in [1.54, 1.807) is 0 Å². The third-order valence-electron chi connectivity index (χ3n) is 2.99. The second-order valence-corrected chi connectivity index (χ2v) is 4.50. The molecule has 2 rings (SSSR count). The summed E-state index contributed by atoms with van der Waals surface area (Å²) in [5.74, 6) is 1.51. The van der Waals surface area contributed by atoms with E-state index in [4.69, 9.17) is 14.2 Å². The number of hydrogen-bond acceptors (Lipinski definition) is 4. The van der Waals surface area contributed by atoms with Crippen LogP contribution in [0.2, 0.25) is 0 Å². The van der Waals surface area contributed by atoms with Crippen LogP contribution in [0.4, 0.5) is 0 Å². The first kappa shape index (κ1) is 13.9. The Bertz CT molecular complexity index is 430. The molecule has 1 aliphatic rings. The van der Waals surface area contributed by atoms with Gasteiger partial charge in [-0.1, -0.05) is 19.1 Å². The molecule has 4 heteroatoms. The molecule has 1 saturated carbocycles. The van der Waals surface area contributed by atoms with Crippen molar-refractivity contribution < 1.29 is 19.0 Å². The molecule has 1 aliphatic carbocycles. The monoisotopic (exact) mass is 264 g/mol. The molecule has 0 N–H and O–H groups in total. The molecule has 1 fully saturated rings. The molecule has 0 aliphatic heterocycles. The summed E-state index contributed by atoms with van der Waals surface area (Å²) in [4.78, 5) is 11.4. The van der Waals surface area contributed by atoms with Gasteiger partial charge < -0.3 is 14.2 Å². The van der Waals surface area contributed by atoms with Crippen LogP contribution >= 0.6 is 0 Å². The summed E-state index contributed by atoms with van der Waals surface area (Å²) in [6, 6.07) is 7.53. The largest absolute Gasteiger partial charge is 0.490 e. The Morgan fingerprint density at radius 2 is 1.95 bits per heavy atom. The average molecular weight is 264 g/mol. The minimum Gasteiger partial charge on any atom is -0.490 e. The molecule has 2 unspecified atom stereocenters. The number of carbonyl (C=O) groups is 1. The number of ether oxygens (including phenoxy) is 3. The molecule has 0 saturated heterocycles.